The molecule has 1 saturated heterocycles. The Labute approximate surface area is 151 Å². The van der Waals surface area contributed by atoms with Gasteiger partial charge < -0.3 is 24.1 Å². The van der Waals surface area contributed by atoms with Gasteiger partial charge in [0.25, 0.3) is 0 Å². The van der Waals surface area contributed by atoms with Crippen LogP contribution in [0.25, 0.3) is 0 Å². The number of rotatable bonds is 7. The molecule has 7 nitrogen and oxygen atoms in total. The lowest BCUT2D eigenvalue weighted by Gasteiger charge is -2.15. The molecule has 1 N–H and O–H groups in total. The number of benzene rings is 1. The first-order chi connectivity index (χ1) is 12.6. The monoisotopic (exact) mass is 358 g/mol. The predicted molar refractivity (Wildman–Crippen MR) is 93.6 cm³/mol. The summed E-state index contributed by atoms with van der Waals surface area (Å²) in [5, 5.41) is 2.89. The Balaban J connectivity index is 1.56. The maximum absolute atomic E-state index is 12.4. The van der Waals surface area contributed by atoms with E-state index in [0.717, 1.165) is 5.56 Å². The zero-order valence-electron chi connectivity index (χ0n) is 14.9. The fourth-order valence-electron chi connectivity index (χ4n) is 2.99. The van der Waals surface area contributed by atoms with Gasteiger partial charge >= 0.3 is 0 Å². The number of ether oxygens (including phenoxy) is 2. The fourth-order valence-corrected chi connectivity index (χ4v) is 2.99. The number of carbonyl (C=O) groups is 2. The van der Waals surface area contributed by atoms with Gasteiger partial charge in [-0.05, 0) is 29.8 Å². The second-order valence-corrected chi connectivity index (χ2v) is 6.19. The molecule has 1 unspecified atom stereocenters. The van der Waals surface area contributed by atoms with Gasteiger partial charge in [-0.25, -0.2) is 0 Å². The van der Waals surface area contributed by atoms with Crippen LogP contribution in [0.2, 0.25) is 0 Å². The van der Waals surface area contributed by atoms with Crippen LogP contribution in [0.5, 0.6) is 11.5 Å². The molecule has 0 bridgehead atoms. The van der Waals surface area contributed by atoms with E-state index in [1.807, 2.05) is 18.2 Å². The molecule has 1 aliphatic rings. The first-order valence-corrected chi connectivity index (χ1v) is 8.39. The quantitative estimate of drug-likeness (QED) is 0.818. The number of carbonyl (C=O) groups excluding carboxylic acids is 2. The Bertz CT molecular complexity index is 750. The molecule has 2 aromatic rings. The van der Waals surface area contributed by atoms with Gasteiger partial charge in [0.1, 0.15) is 17.3 Å². The van der Waals surface area contributed by atoms with Crippen molar-refractivity contribution in [3.8, 4) is 11.5 Å². The van der Waals surface area contributed by atoms with Crippen molar-refractivity contribution >= 4 is 11.8 Å². The number of hydrogen-bond donors (Lipinski definition) is 1. The topological polar surface area (TPSA) is 81.0 Å². The maximum Gasteiger partial charge on any atom is 0.225 e. The lowest BCUT2D eigenvalue weighted by atomic mass is 10.1. The van der Waals surface area contributed by atoms with Gasteiger partial charge in [0.15, 0.2) is 0 Å². The zero-order chi connectivity index (χ0) is 18.5. The standard InChI is InChI=1S/C19H22N2O5/c1-24-16-6-13(7-17(9-16)25-2)10-20-19(23)14-8-18(22)21(11-14)12-15-4-3-5-26-15/h3-7,9,14H,8,10-12H2,1-2H3,(H,20,23). The van der Waals surface area contributed by atoms with Crippen molar-refractivity contribution in [1.29, 1.82) is 0 Å². The van der Waals surface area contributed by atoms with Crippen LogP contribution in [-0.2, 0) is 22.7 Å². The maximum atomic E-state index is 12.4. The minimum absolute atomic E-state index is 0.0374. The Kier molecular flexibility index (Phi) is 5.46. The largest absolute Gasteiger partial charge is 0.497 e. The fraction of sp³-hybridized carbons (Fsp3) is 0.368. The van der Waals surface area contributed by atoms with E-state index < -0.39 is 0 Å². The van der Waals surface area contributed by atoms with Gasteiger partial charge in [-0.1, -0.05) is 0 Å². The van der Waals surface area contributed by atoms with Crippen molar-refractivity contribution < 1.29 is 23.5 Å². The lowest BCUT2D eigenvalue weighted by molar-refractivity contribution is -0.129. The molecule has 1 aromatic heterocycles. The molecule has 1 aromatic carbocycles. The van der Waals surface area contributed by atoms with Crippen LogP contribution in [0.4, 0.5) is 0 Å². The molecular formula is C19H22N2O5. The van der Waals surface area contributed by atoms with Crippen molar-refractivity contribution in [2.75, 3.05) is 20.8 Å². The summed E-state index contributed by atoms with van der Waals surface area (Å²) in [6.07, 6.45) is 1.79. The molecule has 0 aliphatic carbocycles. The molecule has 7 heteroatoms. The Hall–Kier alpha value is -2.96. The molecule has 1 atom stereocenters. The van der Waals surface area contributed by atoms with E-state index in [0.29, 0.717) is 36.9 Å². The summed E-state index contributed by atoms with van der Waals surface area (Å²) in [7, 11) is 3.16. The summed E-state index contributed by atoms with van der Waals surface area (Å²) in [4.78, 5) is 26.2. The summed E-state index contributed by atoms with van der Waals surface area (Å²) in [5.41, 5.74) is 0.867. The van der Waals surface area contributed by atoms with Gasteiger partial charge in [0.05, 0.1) is 32.9 Å². The molecule has 0 spiro atoms. The van der Waals surface area contributed by atoms with Crippen LogP contribution in [0.15, 0.2) is 41.0 Å². The van der Waals surface area contributed by atoms with Crippen LogP contribution in [0.3, 0.4) is 0 Å². The van der Waals surface area contributed by atoms with Gasteiger partial charge in [0, 0.05) is 25.6 Å². The van der Waals surface area contributed by atoms with E-state index in [4.69, 9.17) is 13.9 Å². The van der Waals surface area contributed by atoms with Gasteiger partial charge in [-0.15, -0.1) is 0 Å². The highest BCUT2D eigenvalue weighted by Gasteiger charge is 2.34. The summed E-state index contributed by atoms with van der Waals surface area (Å²) in [6, 6.07) is 9.05. The van der Waals surface area contributed by atoms with Crippen LogP contribution in [0, 0.1) is 5.92 Å². The Morgan fingerprint density at radius 3 is 2.62 bits per heavy atom. The molecule has 2 heterocycles. The third-order valence-corrected chi connectivity index (χ3v) is 4.39. The number of likely N-dealkylation sites (tertiary alicyclic amines) is 1. The number of nitrogens with one attached hydrogen (secondary N) is 1. The van der Waals surface area contributed by atoms with E-state index in [-0.39, 0.29) is 24.2 Å². The van der Waals surface area contributed by atoms with Gasteiger partial charge in [-0.2, -0.15) is 0 Å². The predicted octanol–water partition coefficient (Wildman–Crippen LogP) is 1.96. The SMILES string of the molecule is COc1cc(CNC(=O)C2CC(=O)N(Cc3ccco3)C2)cc(OC)c1. The second kappa shape index (κ2) is 7.95. The molecule has 3 rings (SSSR count). The van der Waals surface area contributed by atoms with Crippen LogP contribution in [0.1, 0.15) is 17.7 Å². The molecule has 2 amide bonds. The number of amides is 2. The minimum atomic E-state index is -0.357. The Morgan fingerprint density at radius 1 is 1.27 bits per heavy atom. The van der Waals surface area contributed by atoms with Crippen LogP contribution >= 0.6 is 0 Å². The first-order valence-electron chi connectivity index (χ1n) is 8.39. The minimum Gasteiger partial charge on any atom is -0.497 e. The highest BCUT2D eigenvalue weighted by atomic mass is 16.5. The number of furan rings is 1. The average molecular weight is 358 g/mol. The van der Waals surface area contributed by atoms with E-state index in [9.17, 15) is 9.59 Å². The normalized spacial score (nSPS) is 16.6. The van der Waals surface area contributed by atoms with E-state index in [1.165, 1.54) is 0 Å². The van der Waals surface area contributed by atoms with Crippen molar-refractivity contribution in [1.82, 2.24) is 10.2 Å². The van der Waals surface area contributed by atoms with Gasteiger partial charge in [0.2, 0.25) is 11.8 Å². The van der Waals surface area contributed by atoms with Crippen LogP contribution < -0.4 is 14.8 Å². The van der Waals surface area contributed by atoms with E-state index >= 15 is 0 Å². The third-order valence-electron chi connectivity index (χ3n) is 4.39. The summed E-state index contributed by atoms with van der Waals surface area (Å²) in [6.45, 7) is 1.13. The van der Waals surface area contributed by atoms with Crippen molar-refractivity contribution in [3.05, 3.63) is 47.9 Å². The van der Waals surface area contributed by atoms with E-state index in [2.05, 4.69) is 5.32 Å². The van der Waals surface area contributed by atoms with Crippen molar-refractivity contribution in [2.24, 2.45) is 5.92 Å². The number of methoxy groups -OCH3 is 2. The molecule has 1 aliphatic heterocycles. The highest BCUT2D eigenvalue weighted by Crippen LogP contribution is 2.23. The van der Waals surface area contributed by atoms with E-state index in [1.54, 1.807) is 37.5 Å². The highest BCUT2D eigenvalue weighted by molar-refractivity contribution is 5.89. The molecule has 138 valence electrons. The average Bonchev–Trinajstić information content (AvgIpc) is 3.30. The zero-order valence-corrected chi connectivity index (χ0v) is 14.9. The third kappa shape index (κ3) is 4.17. The molecule has 26 heavy (non-hydrogen) atoms. The summed E-state index contributed by atoms with van der Waals surface area (Å²) >= 11 is 0. The lowest BCUT2D eigenvalue weighted by Crippen LogP contribution is -2.32. The smallest absolute Gasteiger partial charge is 0.225 e. The first kappa shape index (κ1) is 17.8. The molecule has 1 fully saturated rings. The number of hydrogen-bond acceptors (Lipinski definition) is 5. The van der Waals surface area contributed by atoms with Crippen molar-refractivity contribution in [3.63, 3.8) is 0 Å². The van der Waals surface area contributed by atoms with Gasteiger partial charge in [-0.3, -0.25) is 9.59 Å². The summed E-state index contributed by atoms with van der Waals surface area (Å²) < 4.78 is 15.7. The summed E-state index contributed by atoms with van der Waals surface area (Å²) in [5.74, 6) is 1.50. The second-order valence-electron chi connectivity index (χ2n) is 6.19. The molecular weight excluding hydrogens is 336 g/mol. The van der Waals surface area contributed by atoms with Crippen molar-refractivity contribution in [2.45, 2.75) is 19.5 Å². The van der Waals surface area contributed by atoms with Crippen LogP contribution in [-0.4, -0.2) is 37.5 Å². The number of nitrogens with zero attached hydrogens (tertiary/aromatic N) is 1. The molecule has 0 saturated carbocycles. The molecule has 0 radical (unpaired) electrons. The Morgan fingerprint density at radius 2 is 2.00 bits per heavy atom.